The van der Waals surface area contributed by atoms with Crippen molar-refractivity contribution in [3.8, 4) is 0 Å². The van der Waals surface area contributed by atoms with Gasteiger partial charge in [0.1, 0.15) is 24.4 Å². The van der Waals surface area contributed by atoms with Crippen LogP contribution in [0.15, 0.2) is 0 Å². The van der Waals surface area contributed by atoms with Crippen LogP contribution in [0, 0.1) is 0 Å². The summed E-state index contributed by atoms with van der Waals surface area (Å²) in [5.41, 5.74) is 0. The zero-order chi connectivity index (χ0) is 15.0. The van der Waals surface area contributed by atoms with Crippen molar-refractivity contribution in [3.63, 3.8) is 0 Å². The van der Waals surface area contributed by atoms with E-state index >= 15 is 0 Å². The molecule has 0 aromatic rings. The Labute approximate surface area is 117 Å². The minimum absolute atomic E-state index is 0.148. The molecule has 0 aromatic carbocycles. The Morgan fingerprint density at radius 1 is 0.900 bits per heavy atom. The van der Waals surface area contributed by atoms with Crippen LogP contribution < -0.4 is 0 Å². The summed E-state index contributed by atoms with van der Waals surface area (Å²) in [5, 5.41) is 37.8. The molecule has 0 amide bonds. The Bertz CT molecular complexity index is 250. The van der Waals surface area contributed by atoms with Gasteiger partial charge in [0.25, 0.3) is 0 Å². The van der Waals surface area contributed by atoms with Gasteiger partial charge < -0.3 is 39.4 Å². The highest BCUT2D eigenvalue weighted by molar-refractivity contribution is 4.88. The largest absolute Gasteiger partial charge is 0.394 e. The molecule has 4 N–H and O–H groups in total. The fraction of sp³-hybridized carbons (Fsp3) is 1.00. The lowest BCUT2D eigenvalue weighted by atomic mass is 9.99. The van der Waals surface area contributed by atoms with Crippen LogP contribution in [-0.4, -0.2) is 90.8 Å². The van der Waals surface area contributed by atoms with Crippen LogP contribution in [0.4, 0.5) is 0 Å². The number of aliphatic hydroxyl groups is 4. The van der Waals surface area contributed by atoms with Crippen molar-refractivity contribution < 1.29 is 39.4 Å². The standard InChI is InChI=1S/C12H24O8/c1-2-17-3-4-18-5-6-19-12-11(16)10(15)9(14)8(7-13)20-12/h8-16H,2-7H2,1H3/t8?,9-,10+,11?,12+/m1/s1. The Kier molecular flexibility index (Phi) is 8.50. The maximum absolute atomic E-state index is 9.69. The monoisotopic (exact) mass is 296 g/mol. The van der Waals surface area contributed by atoms with Gasteiger partial charge in [0.15, 0.2) is 6.29 Å². The Morgan fingerprint density at radius 3 is 2.20 bits per heavy atom. The van der Waals surface area contributed by atoms with Gasteiger partial charge in [-0.15, -0.1) is 0 Å². The average molecular weight is 296 g/mol. The van der Waals surface area contributed by atoms with E-state index in [1.54, 1.807) is 0 Å². The summed E-state index contributed by atoms with van der Waals surface area (Å²) in [6.07, 6.45) is -6.25. The predicted molar refractivity (Wildman–Crippen MR) is 67.0 cm³/mol. The Morgan fingerprint density at radius 2 is 1.55 bits per heavy atom. The van der Waals surface area contributed by atoms with Gasteiger partial charge >= 0.3 is 0 Å². The van der Waals surface area contributed by atoms with Crippen molar-refractivity contribution in [1.29, 1.82) is 0 Å². The highest BCUT2D eigenvalue weighted by Gasteiger charge is 2.43. The lowest BCUT2D eigenvalue weighted by Gasteiger charge is -2.39. The zero-order valence-corrected chi connectivity index (χ0v) is 11.6. The van der Waals surface area contributed by atoms with E-state index < -0.39 is 37.3 Å². The number of rotatable bonds is 9. The zero-order valence-electron chi connectivity index (χ0n) is 11.6. The van der Waals surface area contributed by atoms with E-state index in [0.29, 0.717) is 19.8 Å². The second-order valence-corrected chi connectivity index (χ2v) is 4.38. The van der Waals surface area contributed by atoms with E-state index in [0.717, 1.165) is 0 Å². The van der Waals surface area contributed by atoms with Crippen molar-refractivity contribution in [2.75, 3.05) is 39.6 Å². The molecule has 1 saturated heterocycles. The summed E-state index contributed by atoms with van der Waals surface area (Å²) in [6, 6.07) is 0. The highest BCUT2D eigenvalue weighted by atomic mass is 16.7. The molecule has 20 heavy (non-hydrogen) atoms. The van der Waals surface area contributed by atoms with Crippen LogP contribution in [0.2, 0.25) is 0 Å². The van der Waals surface area contributed by atoms with Crippen LogP contribution in [0.5, 0.6) is 0 Å². The fourth-order valence-corrected chi connectivity index (χ4v) is 1.79. The maximum atomic E-state index is 9.69. The smallest absolute Gasteiger partial charge is 0.186 e. The lowest BCUT2D eigenvalue weighted by Crippen LogP contribution is -2.59. The van der Waals surface area contributed by atoms with Gasteiger partial charge in [0, 0.05) is 6.61 Å². The van der Waals surface area contributed by atoms with Crippen molar-refractivity contribution in [1.82, 2.24) is 0 Å². The lowest BCUT2D eigenvalue weighted by molar-refractivity contribution is -0.302. The molecule has 5 atom stereocenters. The van der Waals surface area contributed by atoms with Crippen LogP contribution >= 0.6 is 0 Å². The number of hydrogen-bond donors (Lipinski definition) is 4. The average Bonchev–Trinajstić information content (AvgIpc) is 2.46. The van der Waals surface area contributed by atoms with Crippen molar-refractivity contribution in [2.45, 2.75) is 37.6 Å². The molecule has 8 nitrogen and oxygen atoms in total. The van der Waals surface area contributed by atoms with Gasteiger partial charge in [-0.25, -0.2) is 0 Å². The molecule has 0 spiro atoms. The van der Waals surface area contributed by atoms with E-state index in [4.69, 9.17) is 24.1 Å². The summed E-state index contributed by atoms with van der Waals surface area (Å²) < 4.78 is 20.7. The molecule has 1 rings (SSSR count). The molecule has 0 bridgehead atoms. The molecule has 2 unspecified atom stereocenters. The number of hydrogen-bond acceptors (Lipinski definition) is 8. The Hall–Kier alpha value is -0.320. The van der Waals surface area contributed by atoms with Gasteiger partial charge in [-0.2, -0.15) is 0 Å². The molecule has 0 aliphatic carbocycles. The molecule has 1 fully saturated rings. The van der Waals surface area contributed by atoms with E-state index in [-0.39, 0.29) is 13.2 Å². The van der Waals surface area contributed by atoms with E-state index in [1.165, 1.54) is 0 Å². The first-order chi connectivity index (χ1) is 9.61. The molecule has 1 aliphatic rings. The quantitative estimate of drug-likeness (QED) is 0.356. The third-order valence-electron chi connectivity index (χ3n) is 2.93. The minimum Gasteiger partial charge on any atom is -0.394 e. The van der Waals surface area contributed by atoms with Crippen LogP contribution in [0.25, 0.3) is 0 Å². The number of ether oxygens (including phenoxy) is 4. The molecule has 0 aromatic heterocycles. The van der Waals surface area contributed by atoms with Crippen molar-refractivity contribution >= 4 is 0 Å². The van der Waals surface area contributed by atoms with Crippen molar-refractivity contribution in [2.24, 2.45) is 0 Å². The second kappa shape index (κ2) is 9.59. The highest BCUT2D eigenvalue weighted by Crippen LogP contribution is 2.21. The topological polar surface area (TPSA) is 118 Å². The van der Waals surface area contributed by atoms with E-state index in [1.807, 2.05) is 6.92 Å². The van der Waals surface area contributed by atoms with Crippen LogP contribution in [-0.2, 0) is 18.9 Å². The van der Waals surface area contributed by atoms with Crippen molar-refractivity contribution in [3.05, 3.63) is 0 Å². The third kappa shape index (κ3) is 5.23. The van der Waals surface area contributed by atoms with E-state index in [9.17, 15) is 15.3 Å². The molecule has 0 saturated carbocycles. The first-order valence-corrected chi connectivity index (χ1v) is 6.69. The molecular weight excluding hydrogens is 272 g/mol. The first kappa shape index (κ1) is 17.7. The molecule has 1 heterocycles. The first-order valence-electron chi connectivity index (χ1n) is 6.69. The van der Waals surface area contributed by atoms with Crippen LogP contribution in [0.1, 0.15) is 6.92 Å². The van der Waals surface area contributed by atoms with Gasteiger partial charge in [0.05, 0.1) is 33.0 Å². The molecular formula is C12H24O8. The summed E-state index contributed by atoms with van der Waals surface area (Å²) in [4.78, 5) is 0. The maximum Gasteiger partial charge on any atom is 0.186 e. The second-order valence-electron chi connectivity index (χ2n) is 4.38. The number of aliphatic hydroxyl groups excluding tert-OH is 4. The van der Waals surface area contributed by atoms with E-state index in [2.05, 4.69) is 0 Å². The van der Waals surface area contributed by atoms with Gasteiger partial charge in [-0.3, -0.25) is 0 Å². The van der Waals surface area contributed by atoms with Gasteiger partial charge in [-0.1, -0.05) is 0 Å². The van der Waals surface area contributed by atoms with Gasteiger partial charge in [0.2, 0.25) is 0 Å². The fourth-order valence-electron chi connectivity index (χ4n) is 1.79. The normalized spacial score (nSPS) is 34.4. The Balaban J connectivity index is 2.21. The summed E-state index contributed by atoms with van der Waals surface area (Å²) in [6.45, 7) is 3.40. The molecule has 8 heteroatoms. The minimum atomic E-state index is -1.43. The van der Waals surface area contributed by atoms with Crippen LogP contribution in [0.3, 0.4) is 0 Å². The summed E-state index contributed by atoms with van der Waals surface area (Å²) in [5.74, 6) is 0. The van der Waals surface area contributed by atoms with Gasteiger partial charge in [-0.05, 0) is 6.92 Å². The SMILES string of the molecule is CCOCCOCCO[C@H]1OC(CO)[C@@H](O)[C@H](O)C1O. The third-order valence-corrected chi connectivity index (χ3v) is 2.93. The molecule has 1 aliphatic heterocycles. The predicted octanol–water partition coefficient (Wildman–Crippen LogP) is -2.14. The molecule has 0 radical (unpaired) electrons. The summed E-state index contributed by atoms with van der Waals surface area (Å²) >= 11 is 0. The summed E-state index contributed by atoms with van der Waals surface area (Å²) in [7, 11) is 0. The molecule has 120 valence electrons.